The van der Waals surface area contributed by atoms with E-state index in [0.717, 1.165) is 15.6 Å². The van der Waals surface area contributed by atoms with E-state index in [9.17, 15) is 0 Å². The number of hydrogen-bond acceptors (Lipinski definition) is 5. The molecule has 0 saturated heterocycles. The minimum absolute atomic E-state index is 0.0158. The molecule has 6 heteroatoms. The summed E-state index contributed by atoms with van der Waals surface area (Å²) in [7, 11) is 0. The van der Waals surface area contributed by atoms with Gasteiger partial charge in [0.15, 0.2) is 0 Å². The SMILES string of the molecule is Brc1cc(C2=N[C@@H](c3ccccc3)CO2)nc(C2=N[C@@H](c3ccccc3)CO2)c1. The van der Waals surface area contributed by atoms with Gasteiger partial charge < -0.3 is 9.47 Å². The van der Waals surface area contributed by atoms with E-state index >= 15 is 0 Å². The fourth-order valence-corrected chi connectivity index (χ4v) is 3.87. The molecule has 0 fully saturated rings. The maximum atomic E-state index is 5.86. The summed E-state index contributed by atoms with van der Waals surface area (Å²) in [5.41, 5.74) is 3.60. The first-order chi connectivity index (χ1) is 14.3. The maximum absolute atomic E-state index is 5.86. The molecule has 0 aliphatic carbocycles. The molecule has 0 unspecified atom stereocenters. The van der Waals surface area contributed by atoms with Gasteiger partial charge in [0, 0.05) is 4.47 Å². The first-order valence-corrected chi connectivity index (χ1v) is 10.2. The highest BCUT2D eigenvalue weighted by atomic mass is 79.9. The predicted molar refractivity (Wildman–Crippen MR) is 115 cm³/mol. The van der Waals surface area contributed by atoms with Gasteiger partial charge in [0.2, 0.25) is 11.8 Å². The Kier molecular flexibility index (Phi) is 4.86. The second-order valence-corrected chi connectivity index (χ2v) is 7.81. The van der Waals surface area contributed by atoms with Gasteiger partial charge in [0.05, 0.1) is 0 Å². The predicted octanol–water partition coefficient (Wildman–Crippen LogP) is 4.88. The van der Waals surface area contributed by atoms with Crippen LogP contribution in [0.3, 0.4) is 0 Å². The monoisotopic (exact) mass is 447 g/mol. The van der Waals surface area contributed by atoms with E-state index in [4.69, 9.17) is 24.4 Å². The van der Waals surface area contributed by atoms with Gasteiger partial charge in [-0.25, -0.2) is 15.0 Å². The molecule has 1 aromatic heterocycles. The zero-order valence-corrected chi connectivity index (χ0v) is 17.1. The highest BCUT2D eigenvalue weighted by Gasteiger charge is 2.26. The Morgan fingerprint density at radius 2 is 1.14 bits per heavy atom. The van der Waals surface area contributed by atoms with Crippen LogP contribution in [0.4, 0.5) is 0 Å². The van der Waals surface area contributed by atoms with Crippen LogP contribution < -0.4 is 0 Å². The molecule has 3 aromatic rings. The smallest absolute Gasteiger partial charge is 0.236 e. The number of hydrogen-bond donors (Lipinski definition) is 0. The maximum Gasteiger partial charge on any atom is 0.236 e. The molecular weight excluding hydrogens is 430 g/mol. The average Bonchev–Trinajstić information content (AvgIpc) is 3.45. The van der Waals surface area contributed by atoms with Crippen LogP contribution in [0.5, 0.6) is 0 Å². The second-order valence-electron chi connectivity index (χ2n) is 6.90. The fraction of sp³-hybridized carbons (Fsp3) is 0.174. The normalized spacial score (nSPS) is 20.6. The fourth-order valence-electron chi connectivity index (χ4n) is 3.44. The molecular formula is C23H18BrN3O2. The molecule has 0 radical (unpaired) electrons. The van der Waals surface area contributed by atoms with Crippen molar-refractivity contribution in [2.75, 3.05) is 13.2 Å². The van der Waals surface area contributed by atoms with Gasteiger partial charge in [0.1, 0.15) is 36.7 Å². The zero-order chi connectivity index (χ0) is 19.6. The molecule has 0 saturated carbocycles. The van der Waals surface area contributed by atoms with Gasteiger partial charge in [-0.15, -0.1) is 0 Å². The van der Waals surface area contributed by atoms with Crippen LogP contribution in [0.25, 0.3) is 0 Å². The number of nitrogens with zero attached hydrogens (tertiary/aromatic N) is 3. The Hall–Kier alpha value is -2.99. The van der Waals surface area contributed by atoms with Crippen molar-refractivity contribution in [3.8, 4) is 0 Å². The van der Waals surface area contributed by atoms with Gasteiger partial charge in [0.25, 0.3) is 0 Å². The largest absolute Gasteiger partial charge is 0.474 e. The summed E-state index contributed by atoms with van der Waals surface area (Å²) >= 11 is 3.57. The van der Waals surface area contributed by atoms with Crippen molar-refractivity contribution in [3.05, 3.63) is 99.8 Å². The topological polar surface area (TPSA) is 56.1 Å². The molecule has 5 rings (SSSR count). The summed E-state index contributed by atoms with van der Waals surface area (Å²) in [6.45, 7) is 1.02. The molecule has 2 aliphatic rings. The summed E-state index contributed by atoms with van der Waals surface area (Å²) < 4.78 is 12.6. The van der Waals surface area contributed by atoms with Gasteiger partial charge in [-0.05, 0) is 23.3 Å². The van der Waals surface area contributed by atoms with E-state index in [1.54, 1.807) is 0 Å². The van der Waals surface area contributed by atoms with Crippen molar-refractivity contribution in [2.24, 2.45) is 9.98 Å². The quantitative estimate of drug-likeness (QED) is 0.572. The summed E-state index contributed by atoms with van der Waals surface area (Å²) in [6, 6.07) is 24.1. The Balaban J connectivity index is 1.43. The Labute approximate surface area is 177 Å². The number of aliphatic imine (C=N–C) groups is 2. The van der Waals surface area contributed by atoms with Crippen LogP contribution in [0, 0.1) is 0 Å². The Morgan fingerprint density at radius 1 is 0.690 bits per heavy atom. The first kappa shape index (κ1) is 18.1. The van der Waals surface area contributed by atoms with E-state index in [2.05, 4.69) is 40.2 Å². The molecule has 0 spiro atoms. The zero-order valence-electron chi connectivity index (χ0n) is 15.5. The van der Waals surface area contributed by atoms with E-state index in [1.165, 1.54) is 0 Å². The molecule has 0 N–H and O–H groups in total. The van der Waals surface area contributed by atoms with E-state index < -0.39 is 0 Å². The third-order valence-electron chi connectivity index (χ3n) is 4.90. The molecule has 2 aromatic carbocycles. The summed E-state index contributed by atoms with van der Waals surface area (Å²) in [5, 5.41) is 0. The third-order valence-corrected chi connectivity index (χ3v) is 5.36. The van der Waals surface area contributed by atoms with Crippen LogP contribution >= 0.6 is 15.9 Å². The Bertz CT molecular complexity index is 1000. The van der Waals surface area contributed by atoms with Gasteiger partial charge >= 0.3 is 0 Å². The third kappa shape index (κ3) is 3.80. The summed E-state index contributed by atoms with van der Waals surface area (Å²) in [5.74, 6) is 1.08. The van der Waals surface area contributed by atoms with Crippen molar-refractivity contribution >= 4 is 27.7 Å². The van der Waals surface area contributed by atoms with Crippen molar-refractivity contribution in [1.82, 2.24) is 4.98 Å². The number of benzene rings is 2. The van der Waals surface area contributed by atoms with E-state index in [1.807, 2.05) is 48.5 Å². The second kappa shape index (κ2) is 7.79. The van der Waals surface area contributed by atoms with Crippen molar-refractivity contribution in [2.45, 2.75) is 12.1 Å². The number of aromatic nitrogens is 1. The molecule has 29 heavy (non-hydrogen) atoms. The van der Waals surface area contributed by atoms with Crippen LogP contribution in [0.15, 0.2) is 87.3 Å². The highest BCUT2D eigenvalue weighted by molar-refractivity contribution is 9.10. The van der Waals surface area contributed by atoms with E-state index in [0.29, 0.717) is 36.4 Å². The first-order valence-electron chi connectivity index (χ1n) is 9.46. The highest BCUT2D eigenvalue weighted by Crippen LogP contribution is 2.28. The van der Waals surface area contributed by atoms with Gasteiger partial charge in [-0.3, -0.25) is 0 Å². The average molecular weight is 448 g/mol. The molecule has 3 heterocycles. The summed E-state index contributed by atoms with van der Waals surface area (Å²) in [4.78, 5) is 14.2. The van der Waals surface area contributed by atoms with Crippen LogP contribution in [0.1, 0.15) is 34.6 Å². The minimum Gasteiger partial charge on any atom is -0.474 e. The lowest BCUT2D eigenvalue weighted by atomic mass is 10.1. The molecule has 2 aliphatic heterocycles. The molecule has 2 atom stereocenters. The standard InChI is InChI=1S/C23H18BrN3O2/c24-17-11-18(22-26-20(13-28-22)15-7-3-1-4-8-15)25-19(12-17)23-27-21(14-29-23)16-9-5-2-6-10-16/h1-12,20-21H,13-14H2/t20-,21-/m1/s1. The number of pyridine rings is 1. The Morgan fingerprint density at radius 3 is 1.59 bits per heavy atom. The lowest BCUT2D eigenvalue weighted by molar-refractivity contribution is 0.317. The van der Waals surface area contributed by atoms with Crippen molar-refractivity contribution in [1.29, 1.82) is 0 Å². The van der Waals surface area contributed by atoms with Crippen LogP contribution in [-0.2, 0) is 9.47 Å². The molecule has 5 nitrogen and oxygen atoms in total. The van der Waals surface area contributed by atoms with Gasteiger partial charge in [-0.2, -0.15) is 0 Å². The van der Waals surface area contributed by atoms with Crippen LogP contribution in [-0.4, -0.2) is 30.0 Å². The van der Waals surface area contributed by atoms with Crippen molar-refractivity contribution < 1.29 is 9.47 Å². The van der Waals surface area contributed by atoms with Crippen molar-refractivity contribution in [3.63, 3.8) is 0 Å². The molecule has 0 bridgehead atoms. The lowest BCUT2D eigenvalue weighted by Gasteiger charge is -2.05. The minimum atomic E-state index is -0.0158. The molecule has 144 valence electrons. The summed E-state index contributed by atoms with van der Waals surface area (Å²) in [6.07, 6.45) is 0. The van der Waals surface area contributed by atoms with E-state index in [-0.39, 0.29) is 12.1 Å². The van der Waals surface area contributed by atoms with Gasteiger partial charge in [-0.1, -0.05) is 76.6 Å². The van der Waals surface area contributed by atoms with Crippen LogP contribution in [0.2, 0.25) is 0 Å². The lowest BCUT2D eigenvalue weighted by Crippen LogP contribution is -2.10. The number of halogens is 1. The number of rotatable bonds is 4. The molecule has 0 amide bonds. The number of ether oxygens (including phenoxy) is 2.